The van der Waals surface area contributed by atoms with Crippen molar-refractivity contribution in [1.82, 2.24) is 5.32 Å². The lowest BCUT2D eigenvalue weighted by Gasteiger charge is -2.24. The Balaban J connectivity index is 1.47. The van der Waals surface area contributed by atoms with Gasteiger partial charge in [-0.2, -0.15) is 0 Å². The molecule has 0 atom stereocenters. The van der Waals surface area contributed by atoms with Crippen LogP contribution in [0.3, 0.4) is 0 Å². The fraction of sp³-hybridized carbons (Fsp3) is 0.133. The molecule has 4 heteroatoms. The summed E-state index contributed by atoms with van der Waals surface area (Å²) in [5.74, 6) is -0.106. The van der Waals surface area contributed by atoms with E-state index in [1.165, 1.54) is 5.56 Å². The van der Waals surface area contributed by atoms with Crippen molar-refractivity contribution in [3.8, 4) is 0 Å². The Hall–Kier alpha value is -4.18. The third kappa shape index (κ3) is 6.42. The van der Waals surface area contributed by atoms with Gasteiger partial charge in [0.05, 0.1) is 13.0 Å². The molecular formula is C30H28N2O2. The Labute approximate surface area is 200 Å². The number of amides is 2. The van der Waals surface area contributed by atoms with Gasteiger partial charge in [0.15, 0.2) is 0 Å². The van der Waals surface area contributed by atoms with E-state index in [-0.39, 0.29) is 18.2 Å². The molecule has 0 heterocycles. The van der Waals surface area contributed by atoms with E-state index < -0.39 is 0 Å². The molecule has 4 rings (SSSR count). The second-order valence-corrected chi connectivity index (χ2v) is 8.18. The molecule has 0 aromatic heterocycles. The molecule has 170 valence electrons. The molecule has 0 aliphatic rings. The van der Waals surface area contributed by atoms with Gasteiger partial charge in [-0.3, -0.25) is 9.59 Å². The summed E-state index contributed by atoms with van der Waals surface area (Å²) in [7, 11) is 0. The van der Waals surface area contributed by atoms with Gasteiger partial charge in [-0.15, -0.1) is 0 Å². The van der Waals surface area contributed by atoms with Gasteiger partial charge in [-0.1, -0.05) is 91.0 Å². The second kappa shape index (κ2) is 11.6. The number of rotatable bonds is 9. The maximum absolute atomic E-state index is 13.4. The molecular weight excluding hydrogens is 420 g/mol. The van der Waals surface area contributed by atoms with Gasteiger partial charge in [0, 0.05) is 17.8 Å². The van der Waals surface area contributed by atoms with Gasteiger partial charge >= 0.3 is 0 Å². The van der Waals surface area contributed by atoms with Crippen LogP contribution in [-0.4, -0.2) is 18.4 Å². The Morgan fingerprint density at radius 3 is 1.91 bits per heavy atom. The first-order valence-electron chi connectivity index (χ1n) is 11.5. The molecule has 0 radical (unpaired) electrons. The lowest BCUT2D eigenvalue weighted by molar-refractivity contribution is -0.120. The minimum atomic E-state index is -0.0751. The highest BCUT2D eigenvalue weighted by molar-refractivity contribution is 6.06. The zero-order chi connectivity index (χ0) is 23.6. The van der Waals surface area contributed by atoms with Gasteiger partial charge < -0.3 is 10.2 Å². The Morgan fingerprint density at radius 1 is 0.647 bits per heavy atom. The van der Waals surface area contributed by atoms with Gasteiger partial charge in [-0.25, -0.2) is 0 Å². The molecule has 0 fully saturated rings. The minimum Gasteiger partial charge on any atom is -0.355 e. The summed E-state index contributed by atoms with van der Waals surface area (Å²) in [4.78, 5) is 27.7. The van der Waals surface area contributed by atoms with E-state index in [0.717, 1.165) is 23.2 Å². The van der Waals surface area contributed by atoms with E-state index in [2.05, 4.69) is 17.4 Å². The summed E-state index contributed by atoms with van der Waals surface area (Å²) in [6.07, 6.45) is 1.06. The van der Waals surface area contributed by atoms with Crippen LogP contribution in [0.25, 0.3) is 0 Å². The molecule has 4 aromatic carbocycles. The number of nitrogens with one attached hydrogen (secondary N) is 1. The molecule has 1 N–H and O–H groups in total. The van der Waals surface area contributed by atoms with Crippen molar-refractivity contribution >= 4 is 17.5 Å². The molecule has 4 aromatic rings. The fourth-order valence-electron chi connectivity index (χ4n) is 3.86. The summed E-state index contributed by atoms with van der Waals surface area (Å²) in [6, 6.07) is 37.0. The largest absolute Gasteiger partial charge is 0.355 e. The molecule has 34 heavy (non-hydrogen) atoms. The zero-order valence-electron chi connectivity index (χ0n) is 19.1. The van der Waals surface area contributed by atoms with Crippen molar-refractivity contribution < 1.29 is 9.59 Å². The third-order valence-corrected chi connectivity index (χ3v) is 5.61. The number of carbonyl (C=O) groups is 2. The van der Waals surface area contributed by atoms with Crippen LogP contribution >= 0.6 is 0 Å². The first-order chi connectivity index (χ1) is 16.7. The van der Waals surface area contributed by atoms with Crippen LogP contribution in [0.2, 0.25) is 0 Å². The zero-order valence-corrected chi connectivity index (χ0v) is 19.1. The van der Waals surface area contributed by atoms with E-state index in [1.54, 1.807) is 4.90 Å². The normalized spacial score (nSPS) is 10.5. The van der Waals surface area contributed by atoms with Crippen LogP contribution in [0, 0.1) is 0 Å². The highest BCUT2D eigenvalue weighted by Crippen LogP contribution is 2.22. The van der Waals surface area contributed by atoms with Crippen LogP contribution in [0.4, 0.5) is 5.69 Å². The Kier molecular flexibility index (Phi) is 7.86. The van der Waals surface area contributed by atoms with Gasteiger partial charge in [0.2, 0.25) is 5.91 Å². The summed E-state index contributed by atoms with van der Waals surface area (Å²) in [5.41, 5.74) is 4.50. The molecule has 0 bridgehead atoms. The maximum Gasteiger partial charge on any atom is 0.258 e. The van der Waals surface area contributed by atoms with Crippen LogP contribution in [0.1, 0.15) is 27.0 Å². The molecule has 0 saturated carbocycles. The molecule has 0 aliphatic heterocycles. The number of hydrogen-bond donors (Lipinski definition) is 1. The van der Waals surface area contributed by atoms with Crippen molar-refractivity contribution in [2.45, 2.75) is 19.4 Å². The second-order valence-electron chi connectivity index (χ2n) is 8.18. The minimum absolute atomic E-state index is 0.0305. The number of carbonyl (C=O) groups excluding carboxylic acids is 2. The van der Waals surface area contributed by atoms with Crippen molar-refractivity contribution in [3.63, 3.8) is 0 Å². The van der Waals surface area contributed by atoms with Crippen molar-refractivity contribution in [1.29, 1.82) is 0 Å². The monoisotopic (exact) mass is 448 g/mol. The van der Waals surface area contributed by atoms with Crippen LogP contribution in [0.5, 0.6) is 0 Å². The van der Waals surface area contributed by atoms with Gasteiger partial charge in [-0.05, 0) is 47.4 Å². The number of nitrogens with zero attached hydrogens (tertiary/aromatic N) is 1. The molecule has 0 aliphatic carbocycles. The molecule has 0 unspecified atom stereocenters. The lowest BCUT2D eigenvalue weighted by Crippen LogP contribution is -2.31. The Morgan fingerprint density at radius 2 is 1.24 bits per heavy atom. The van der Waals surface area contributed by atoms with Crippen molar-refractivity contribution in [3.05, 3.63) is 138 Å². The quantitative estimate of drug-likeness (QED) is 0.371. The van der Waals surface area contributed by atoms with Crippen molar-refractivity contribution in [2.24, 2.45) is 0 Å². The predicted molar refractivity (Wildman–Crippen MR) is 137 cm³/mol. The first kappa shape index (κ1) is 23.0. The number of hydrogen-bond acceptors (Lipinski definition) is 2. The summed E-state index contributed by atoms with van der Waals surface area (Å²) in [5, 5.41) is 3.00. The summed E-state index contributed by atoms with van der Waals surface area (Å²) < 4.78 is 0. The summed E-state index contributed by atoms with van der Waals surface area (Å²) >= 11 is 0. The maximum atomic E-state index is 13.4. The molecule has 4 nitrogen and oxygen atoms in total. The number of anilines is 1. The topological polar surface area (TPSA) is 49.4 Å². The average Bonchev–Trinajstić information content (AvgIpc) is 2.89. The van der Waals surface area contributed by atoms with E-state index in [4.69, 9.17) is 0 Å². The molecule has 2 amide bonds. The van der Waals surface area contributed by atoms with E-state index >= 15 is 0 Å². The average molecular weight is 449 g/mol. The molecule has 0 saturated heterocycles. The van der Waals surface area contributed by atoms with Crippen LogP contribution in [0.15, 0.2) is 115 Å². The standard InChI is InChI=1S/C30H28N2O2/c33-29(31-20-19-24-11-4-1-5-12-24)22-26-15-10-18-28(21-26)32(23-25-13-6-2-7-14-25)30(34)27-16-8-3-9-17-27/h1-18,21H,19-20,22-23H2,(H,31,33). The highest BCUT2D eigenvalue weighted by Gasteiger charge is 2.19. The number of benzene rings is 4. The summed E-state index contributed by atoms with van der Waals surface area (Å²) in [6.45, 7) is 1.04. The van der Waals surface area contributed by atoms with E-state index in [9.17, 15) is 9.59 Å². The SMILES string of the molecule is O=C(Cc1cccc(N(Cc2ccccc2)C(=O)c2ccccc2)c1)NCCc1ccccc1. The fourth-order valence-corrected chi connectivity index (χ4v) is 3.86. The molecule has 0 spiro atoms. The van der Waals surface area contributed by atoms with E-state index in [0.29, 0.717) is 18.7 Å². The third-order valence-electron chi connectivity index (χ3n) is 5.61. The van der Waals surface area contributed by atoms with Gasteiger partial charge in [0.25, 0.3) is 5.91 Å². The van der Waals surface area contributed by atoms with Crippen molar-refractivity contribution in [2.75, 3.05) is 11.4 Å². The highest BCUT2D eigenvalue weighted by atomic mass is 16.2. The van der Waals surface area contributed by atoms with Crippen LogP contribution in [-0.2, 0) is 24.2 Å². The first-order valence-corrected chi connectivity index (χ1v) is 11.5. The smallest absolute Gasteiger partial charge is 0.258 e. The van der Waals surface area contributed by atoms with E-state index in [1.807, 2.05) is 103 Å². The lowest BCUT2D eigenvalue weighted by atomic mass is 10.1. The predicted octanol–water partition coefficient (Wildman–Crippen LogP) is 5.44. The Bertz CT molecular complexity index is 1210. The van der Waals surface area contributed by atoms with Crippen LogP contribution < -0.4 is 10.2 Å². The van der Waals surface area contributed by atoms with Gasteiger partial charge in [0.1, 0.15) is 0 Å².